The Labute approximate surface area is 167 Å². The van der Waals surface area contributed by atoms with E-state index in [0.29, 0.717) is 34.9 Å². The monoisotopic (exact) mass is 400 g/mol. The number of methoxy groups -OCH3 is 3. The van der Waals surface area contributed by atoms with Crippen LogP contribution in [0.4, 0.5) is 5.69 Å². The lowest BCUT2D eigenvalue weighted by atomic mass is 10.2. The zero-order chi connectivity index (χ0) is 19.9. The quantitative estimate of drug-likeness (QED) is 0.580. The molecule has 0 aliphatic heterocycles. The number of thiocarbonyl (C=S) groups is 1. The van der Waals surface area contributed by atoms with Gasteiger partial charge in [-0.3, -0.25) is 0 Å². The second-order valence-electron chi connectivity index (χ2n) is 5.62. The van der Waals surface area contributed by atoms with Gasteiger partial charge < -0.3 is 29.4 Å². The first kappa shape index (κ1) is 19.4. The number of ether oxygens (including phenoxy) is 3. The topological polar surface area (TPSA) is 90.7 Å². The summed E-state index contributed by atoms with van der Waals surface area (Å²) in [5.74, 6) is 2.93. The van der Waals surface area contributed by atoms with Crippen LogP contribution in [-0.2, 0) is 6.54 Å². The largest absolute Gasteiger partial charge is 0.497 e. The molecule has 2 aromatic carbocycles. The smallest absolute Gasteiger partial charge is 0.246 e. The van der Waals surface area contributed by atoms with E-state index in [4.69, 9.17) is 31.0 Å². The molecule has 8 nitrogen and oxygen atoms in total. The lowest BCUT2D eigenvalue weighted by molar-refractivity contribution is 0.355. The number of anilines is 1. The molecule has 28 heavy (non-hydrogen) atoms. The summed E-state index contributed by atoms with van der Waals surface area (Å²) >= 11 is 5.31. The summed E-state index contributed by atoms with van der Waals surface area (Å²) in [7, 11) is 4.78. The molecule has 2 N–H and O–H groups in total. The van der Waals surface area contributed by atoms with Crippen LogP contribution >= 0.6 is 12.2 Å². The Bertz CT molecular complexity index is 943. The van der Waals surface area contributed by atoms with Crippen LogP contribution in [-0.4, -0.2) is 36.6 Å². The lowest BCUT2D eigenvalue weighted by Gasteiger charge is -2.12. The van der Waals surface area contributed by atoms with Crippen LogP contribution in [0.25, 0.3) is 11.4 Å². The number of nitrogens with zero attached hydrogens (tertiary/aromatic N) is 2. The lowest BCUT2D eigenvalue weighted by Crippen LogP contribution is -2.28. The number of hydrogen-bond donors (Lipinski definition) is 2. The number of benzene rings is 2. The maximum atomic E-state index is 5.31. The highest BCUT2D eigenvalue weighted by atomic mass is 32.1. The molecule has 0 amide bonds. The molecule has 0 saturated carbocycles. The SMILES string of the molecule is COc1ccc(-c2noc(CNC(=S)Nc3ccc(OC)c(OC)c3)n2)cc1. The Morgan fingerprint density at radius 3 is 2.43 bits per heavy atom. The van der Waals surface area contributed by atoms with Gasteiger partial charge in [0, 0.05) is 17.3 Å². The van der Waals surface area contributed by atoms with E-state index >= 15 is 0 Å². The Morgan fingerprint density at radius 2 is 1.75 bits per heavy atom. The van der Waals surface area contributed by atoms with Crippen LogP contribution in [0.3, 0.4) is 0 Å². The van der Waals surface area contributed by atoms with Crippen LogP contribution < -0.4 is 24.8 Å². The Morgan fingerprint density at radius 1 is 1.00 bits per heavy atom. The van der Waals surface area contributed by atoms with Gasteiger partial charge in [-0.1, -0.05) is 5.16 Å². The molecule has 0 radical (unpaired) electrons. The van der Waals surface area contributed by atoms with Crippen molar-refractivity contribution in [1.82, 2.24) is 15.5 Å². The molecule has 146 valence electrons. The minimum Gasteiger partial charge on any atom is -0.497 e. The highest BCUT2D eigenvalue weighted by Crippen LogP contribution is 2.29. The fourth-order valence-corrected chi connectivity index (χ4v) is 2.62. The summed E-state index contributed by atoms with van der Waals surface area (Å²) in [5, 5.41) is 10.5. The summed E-state index contributed by atoms with van der Waals surface area (Å²) < 4.78 is 20.9. The van der Waals surface area contributed by atoms with Crippen LogP contribution in [0, 0.1) is 0 Å². The minimum atomic E-state index is 0.294. The van der Waals surface area contributed by atoms with E-state index in [1.54, 1.807) is 33.5 Å². The van der Waals surface area contributed by atoms with Crippen molar-refractivity contribution in [3.63, 3.8) is 0 Å². The molecule has 0 aliphatic rings. The van der Waals surface area contributed by atoms with Crippen LogP contribution in [0.5, 0.6) is 17.2 Å². The second kappa shape index (κ2) is 9.05. The summed E-state index contributed by atoms with van der Waals surface area (Å²) in [4.78, 5) is 4.36. The van der Waals surface area contributed by atoms with E-state index in [1.807, 2.05) is 30.3 Å². The van der Waals surface area contributed by atoms with E-state index in [1.165, 1.54) is 0 Å². The number of nitrogens with one attached hydrogen (secondary N) is 2. The third-order valence-corrected chi connectivity index (χ3v) is 4.10. The van der Waals surface area contributed by atoms with Crippen molar-refractivity contribution in [2.24, 2.45) is 0 Å². The van der Waals surface area contributed by atoms with Gasteiger partial charge in [0.1, 0.15) is 5.75 Å². The standard InChI is InChI=1S/C19H20N4O4S/c1-24-14-7-4-12(5-8-14)18-22-17(27-23-18)11-20-19(28)21-13-6-9-15(25-2)16(10-13)26-3/h4-10H,11H2,1-3H3,(H2,20,21,28). The Kier molecular flexibility index (Phi) is 6.28. The molecule has 0 saturated heterocycles. The van der Waals surface area contributed by atoms with Crippen LogP contribution in [0.15, 0.2) is 47.0 Å². The number of aromatic nitrogens is 2. The molecule has 1 heterocycles. The fourth-order valence-electron chi connectivity index (χ4n) is 2.43. The molecule has 0 bridgehead atoms. The average molecular weight is 400 g/mol. The van der Waals surface area contributed by atoms with E-state index in [-0.39, 0.29) is 0 Å². The molecule has 0 atom stereocenters. The molecule has 0 fully saturated rings. The van der Waals surface area contributed by atoms with Gasteiger partial charge in [-0.25, -0.2) is 0 Å². The summed E-state index contributed by atoms with van der Waals surface area (Å²) in [6.45, 7) is 0.294. The summed E-state index contributed by atoms with van der Waals surface area (Å²) in [6, 6.07) is 12.8. The maximum Gasteiger partial charge on any atom is 0.246 e. The van der Waals surface area contributed by atoms with E-state index in [0.717, 1.165) is 17.0 Å². The number of rotatable bonds is 7. The molecule has 3 rings (SSSR count). The van der Waals surface area contributed by atoms with Gasteiger partial charge in [0.25, 0.3) is 0 Å². The van der Waals surface area contributed by atoms with Gasteiger partial charge in [-0.15, -0.1) is 0 Å². The van der Waals surface area contributed by atoms with Gasteiger partial charge in [-0.2, -0.15) is 4.98 Å². The molecule has 9 heteroatoms. The molecular formula is C19H20N4O4S. The number of hydrogen-bond acceptors (Lipinski definition) is 7. The van der Waals surface area contributed by atoms with Crippen molar-refractivity contribution in [3.05, 3.63) is 48.4 Å². The summed E-state index contributed by atoms with van der Waals surface area (Å²) in [6.07, 6.45) is 0. The van der Waals surface area contributed by atoms with Gasteiger partial charge in [-0.05, 0) is 48.6 Å². The average Bonchev–Trinajstić information content (AvgIpc) is 3.21. The molecular weight excluding hydrogens is 380 g/mol. The highest BCUT2D eigenvalue weighted by molar-refractivity contribution is 7.80. The predicted molar refractivity (Wildman–Crippen MR) is 109 cm³/mol. The first-order valence-corrected chi connectivity index (χ1v) is 8.77. The molecule has 1 aromatic heterocycles. The van der Waals surface area contributed by atoms with E-state index in [9.17, 15) is 0 Å². The fraction of sp³-hybridized carbons (Fsp3) is 0.211. The first-order valence-electron chi connectivity index (χ1n) is 8.37. The first-order chi connectivity index (χ1) is 13.6. The van der Waals surface area contributed by atoms with E-state index < -0.39 is 0 Å². The van der Waals surface area contributed by atoms with Gasteiger partial charge in [0.2, 0.25) is 11.7 Å². The van der Waals surface area contributed by atoms with Crippen molar-refractivity contribution in [3.8, 4) is 28.6 Å². The van der Waals surface area contributed by atoms with Crippen molar-refractivity contribution >= 4 is 23.0 Å². The third kappa shape index (κ3) is 4.68. The Hall–Kier alpha value is -3.33. The minimum absolute atomic E-state index is 0.294. The molecule has 0 spiro atoms. The van der Waals surface area contributed by atoms with E-state index in [2.05, 4.69) is 20.8 Å². The zero-order valence-corrected chi connectivity index (χ0v) is 16.5. The second-order valence-corrected chi connectivity index (χ2v) is 6.03. The van der Waals surface area contributed by atoms with Crippen molar-refractivity contribution in [2.45, 2.75) is 6.54 Å². The zero-order valence-electron chi connectivity index (χ0n) is 15.7. The summed E-state index contributed by atoms with van der Waals surface area (Å²) in [5.41, 5.74) is 1.60. The molecule has 3 aromatic rings. The highest BCUT2D eigenvalue weighted by Gasteiger charge is 2.10. The normalized spacial score (nSPS) is 10.2. The Balaban J connectivity index is 1.57. The predicted octanol–water partition coefficient (Wildman–Crippen LogP) is 3.25. The van der Waals surface area contributed by atoms with Gasteiger partial charge in [0.05, 0.1) is 27.9 Å². The van der Waals surface area contributed by atoms with Crippen LogP contribution in [0.1, 0.15) is 5.89 Å². The van der Waals surface area contributed by atoms with Gasteiger partial charge >= 0.3 is 0 Å². The third-order valence-electron chi connectivity index (χ3n) is 3.86. The van der Waals surface area contributed by atoms with Crippen molar-refractivity contribution in [2.75, 3.05) is 26.6 Å². The molecule has 0 aliphatic carbocycles. The maximum absolute atomic E-state index is 5.31. The van der Waals surface area contributed by atoms with Crippen molar-refractivity contribution in [1.29, 1.82) is 0 Å². The van der Waals surface area contributed by atoms with Crippen LogP contribution in [0.2, 0.25) is 0 Å². The van der Waals surface area contributed by atoms with Crippen molar-refractivity contribution < 1.29 is 18.7 Å². The molecule has 0 unspecified atom stereocenters. The van der Waals surface area contributed by atoms with Gasteiger partial charge in [0.15, 0.2) is 16.6 Å².